The van der Waals surface area contributed by atoms with Gasteiger partial charge in [0.1, 0.15) is 19.3 Å². The Morgan fingerprint density at radius 3 is 0.709 bits per heavy atom. The molecule has 19 heteroatoms. The van der Waals surface area contributed by atoms with E-state index >= 15 is 0 Å². The number of esters is 4. The number of hydrogen-bond acceptors (Lipinski definition) is 15. The van der Waals surface area contributed by atoms with Crippen LogP contribution in [0.4, 0.5) is 0 Å². The molecule has 0 aliphatic rings. The van der Waals surface area contributed by atoms with Crippen LogP contribution < -0.4 is 0 Å². The second kappa shape index (κ2) is 77.7. The quantitative estimate of drug-likeness (QED) is 0.0169. The number of phosphoric ester groups is 2. The molecule has 0 fully saturated rings. The maximum atomic E-state index is 13.1. The molecule has 0 amide bonds. The molecule has 5 atom stereocenters. The Balaban J connectivity index is 5.26. The Kier molecular flexibility index (Phi) is 75.8. The minimum absolute atomic E-state index is 0.0859. The third kappa shape index (κ3) is 77.5. The zero-order valence-electron chi connectivity index (χ0n) is 66.8. The van der Waals surface area contributed by atoms with Gasteiger partial charge in [-0.2, -0.15) is 0 Å². The molecule has 0 rings (SSSR count). The van der Waals surface area contributed by atoms with Crippen molar-refractivity contribution in [2.45, 2.75) is 451 Å². The summed E-state index contributed by atoms with van der Waals surface area (Å²) >= 11 is 0. The highest BCUT2D eigenvalue weighted by atomic mass is 31.2. The SMILES string of the molecule is CCCCCC/C=C\C=C/CCCCCCCC(=O)O[C@H](COC(=O)CCCCCCCCCCCCC)COP(=O)(O)OC[C@H](O)COP(=O)(O)OC[C@@H](COC(=O)CCCCCCCCCCCCCCCCCC)OC(=O)CCCCCCCCCCCCCCCCCCCCCCC. The van der Waals surface area contributed by atoms with E-state index in [2.05, 4.69) is 52.0 Å². The first-order valence-corrected chi connectivity index (χ1v) is 46.1. The summed E-state index contributed by atoms with van der Waals surface area (Å²) in [4.78, 5) is 73.1. The minimum Gasteiger partial charge on any atom is -0.462 e. The number of phosphoric acid groups is 2. The van der Waals surface area contributed by atoms with Crippen LogP contribution in [0.25, 0.3) is 0 Å². The van der Waals surface area contributed by atoms with Crippen molar-refractivity contribution in [3.8, 4) is 0 Å². The number of rotatable bonds is 83. The van der Waals surface area contributed by atoms with Gasteiger partial charge in [-0.1, -0.05) is 379 Å². The molecule has 103 heavy (non-hydrogen) atoms. The van der Waals surface area contributed by atoms with Crippen molar-refractivity contribution in [3.05, 3.63) is 24.3 Å². The lowest BCUT2D eigenvalue weighted by molar-refractivity contribution is -0.161. The van der Waals surface area contributed by atoms with Crippen molar-refractivity contribution >= 4 is 39.5 Å². The molecule has 608 valence electrons. The second-order valence-corrected chi connectivity index (χ2v) is 32.4. The molecule has 0 radical (unpaired) electrons. The first kappa shape index (κ1) is 101. The number of aliphatic hydroxyl groups is 1. The van der Waals surface area contributed by atoms with Crippen LogP contribution >= 0.6 is 15.6 Å². The number of unbranched alkanes of at least 4 members (excludes halogenated alkanes) is 54. The lowest BCUT2D eigenvalue weighted by atomic mass is 10.0. The van der Waals surface area contributed by atoms with Crippen molar-refractivity contribution in [2.75, 3.05) is 39.6 Å². The summed E-state index contributed by atoms with van der Waals surface area (Å²) in [7, 11) is -9.93. The summed E-state index contributed by atoms with van der Waals surface area (Å²) in [5, 5.41) is 10.7. The Bertz CT molecular complexity index is 2040. The molecule has 0 aliphatic heterocycles. The number of carbonyl (C=O) groups excluding carboxylic acids is 4. The Hall–Kier alpha value is -2.46. The molecule has 0 bridgehead atoms. The minimum atomic E-state index is -4.97. The zero-order valence-corrected chi connectivity index (χ0v) is 68.6. The van der Waals surface area contributed by atoms with Gasteiger partial charge >= 0.3 is 39.5 Å². The first-order valence-electron chi connectivity index (χ1n) is 43.1. The third-order valence-electron chi connectivity index (χ3n) is 19.2. The molecule has 0 aromatic carbocycles. The zero-order chi connectivity index (χ0) is 75.3. The van der Waals surface area contributed by atoms with Gasteiger partial charge in [-0.3, -0.25) is 37.3 Å². The predicted octanol–water partition coefficient (Wildman–Crippen LogP) is 25.3. The molecule has 3 N–H and O–H groups in total. The largest absolute Gasteiger partial charge is 0.472 e. The highest BCUT2D eigenvalue weighted by molar-refractivity contribution is 7.47. The van der Waals surface area contributed by atoms with E-state index in [4.69, 9.17) is 37.0 Å². The van der Waals surface area contributed by atoms with Gasteiger partial charge in [-0.25, -0.2) is 9.13 Å². The third-order valence-corrected chi connectivity index (χ3v) is 21.1. The Morgan fingerprint density at radius 1 is 0.272 bits per heavy atom. The number of allylic oxidation sites excluding steroid dienone is 4. The van der Waals surface area contributed by atoms with E-state index in [0.717, 1.165) is 103 Å². The van der Waals surface area contributed by atoms with Gasteiger partial charge in [0.2, 0.25) is 0 Å². The van der Waals surface area contributed by atoms with E-state index in [1.807, 2.05) is 0 Å². The lowest BCUT2D eigenvalue weighted by Crippen LogP contribution is -2.30. The molecule has 0 aliphatic carbocycles. The molecule has 0 heterocycles. The van der Waals surface area contributed by atoms with Crippen LogP contribution in [0.1, 0.15) is 432 Å². The number of ether oxygens (including phenoxy) is 4. The van der Waals surface area contributed by atoms with Crippen LogP contribution in [0.3, 0.4) is 0 Å². The standard InChI is InChI=1S/C84H160O17P2/c1-5-9-13-17-21-25-29-32-35-37-38-39-40-41-44-47-51-55-59-63-67-71-84(89)101-80(75-95-82(87)69-65-61-57-53-49-45-43-36-33-30-26-22-18-14-10-6-2)77-99-103(92,93)97-73-78(85)72-96-102(90,91)98-76-79(74-94-81(86)68-64-60-56-52-48-28-24-20-16-12-8-4)100-83(88)70-66-62-58-54-50-46-42-34-31-27-23-19-15-11-7-3/h27,31,34,42,78-80,85H,5-26,28-30,32-33,35-41,43-77H2,1-4H3,(H,90,91)(H,92,93)/b31-27-,42-34-/t78-,79+,80+/m0/s1. The van der Waals surface area contributed by atoms with Gasteiger partial charge in [0.05, 0.1) is 26.4 Å². The molecular formula is C84H160O17P2. The molecule has 0 saturated heterocycles. The van der Waals surface area contributed by atoms with Gasteiger partial charge in [-0.05, 0) is 51.4 Å². The number of carbonyl (C=O) groups is 4. The van der Waals surface area contributed by atoms with Crippen molar-refractivity contribution < 1.29 is 80.2 Å². The fourth-order valence-corrected chi connectivity index (χ4v) is 14.2. The summed E-state index contributed by atoms with van der Waals surface area (Å²) in [6, 6.07) is 0. The summed E-state index contributed by atoms with van der Waals surface area (Å²) in [5.74, 6) is -2.13. The van der Waals surface area contributed by atoms with E-state index in [1.54, 1.807) is 0 Å². The van der Waals surface area contributed by atoms with Crippen molar-refractivity contribution in [1.29, 1.82) is 0 Å². The normalized spacial score (nSPS) is 13.9. The van der Waals surface area contributed by atoms with Crippen molar-refractivity contribution in [3.63, 3.8) is 0 Å². The Morgan fingerprint density at radius 2 is 0.466 bits per heavy atom. The van der Waals surface area contributed by atoms with Crippen molar-refractivity contribution in [2.24, 2.45) is 0 Å². The van der Waals surface area contributed by atoms with Crippen molar-refractivity contribution in [1.82, 2.24) is 0 Å². The van der Waals surface area contributed by atoms with E-state index < -0.39 is 97.5 Å². The van der Waals surface area contributed by atoms with Crippen LogP contribution in [-0.4, -0.2) is 96.7 Å². The van der Waals surface area contributed by atoms with Gasteiger partial charge in [0.15, 0.2) is 12.2 Å². The lowest BCUT2D eigenvalue weighted by Gasteiger charge is -2.21. The average molecular weight is 1500 g/mol. The maximum absolute atomic E-state index is 13.1. The predicted molar refractivity (Wildman–Crippen MR) is 423 cm³/mol. The molecule has 17 nitrogen and oxygen atoms in total. The maximum Gasteiger partial charge on any atom is 0.472 e. The molecule has 0 aromatic rings. The summed E-state index contributed by atoms with van der Waals surface area (Å²) in [5.41, 5.74) is 0. The molecule has 2 unspecified atom stereocenters. The number of aliphatic hydroxyl groups excluding tert-OH is 1. The van der Waals surface area contributed by atoms with Crippen LogP contribution in [0.5, 0.6) is 0 Å². The topological polar surface area (TPSA) is 237 Å². The van der Waals surface area contributed by atoms with Gasteiger partial charge in [0.25, 0.3) is 0 Å². The van der Waals surface area contributed by atoms with Gasteiger partial charge in [0, 0.05) is 25.7 Å². The highest BCUT2D eigenvalue weighted by Gasteiger charge is 2.30. The second-order valence-electron chi connectivity index (χ2n) is 29.5. The summed E-state index contributed by atoms with van der Waals surface area (Å²) in [6.45, 7) is 4.97. The average Bonchev–Trinajstić information content (AvgIpc) is 0.913. The fourth-order valence-electron chi connectivity index (χ4n) is 12.6. The van der Waals surface area contributed by atoms with E-state index in [0.29, 0.717) is 25.7 Å². The monoisotopic (exact) mass is 1500 g/mol. The van der Waals surface area contributed by atoms with Crippen LogP contribution in [-0.2, 0) is 65.4 Å². The first-order chi connectivity index (χ1) is 50.2. The number of hydrogen-bond donors (Lipinski definition) is 3. The van der Waals surface area contributed by atoms with E-state index in [-0.39, 0.29) is 25.7 Å². The molecular weight excluding hydrogens is 1340 g/mol. The molecule has 0 saturated carbocycles. The van der Waals surface area contributed by atoms with Crippen LogP contribution in [0, 0.1) is 0 Å². The van der Waals surface area contributed by atoms with Gasteiger partial charge in [-0.15, -0.1) is 0 Å². The summed E-state index contributed by atoms with van der Waals surface area (Å²) in [6.07, 6.45) is 74.3. The van der Waals surface area contributed by atoms with E-state index in [1.165, 1.54) is 250 Å². The van der Waals surface area contributed by atoms with Crippen LogP contribution in [0.15, 0.2) is 24.3 Å². The fraction of sp³-hybridized carbons (Fsp3) is 0.905. The molecule has 0 spiro atoms. The van der Waals surface area contributed by atoms with Gasteiger partial charge < -0.3 is 33.8 Å². The molecule has 0 aromatic heterocycles. The van der Waals surface area contributed by atoms with Crippen LogP contribution in [0.2, 0.25) is 0 Å². The summed E-state index contributed by atoms with van der Waals surface area (Å²) < 4.78 is 68.8. The smallest absolute Gasteiger partial charge is 0.462 e. The highest BCUT2D eigenvalue weighted by Crippen LogP contribution is 2.45. The van der Waals surface area contributed by atoms with E-state index in [9.17, 15) is 43.2 Å². The Labute approximate surface area is 631 Å².